The van der Waals surface area contributed by atoms with E-state index in [0.717, 1.165) is 17.1 Å². The molecule has 0 N–H and O–H groups in total. The molecule has 1 unspecified atom stereocenters. The molecule has 0 amide bonds. The van der Waals surface area contributed by atoms with E-state index >= 15 is 0 Å². The lowest BCUT2D eigenvalue weighted by molar-refractivity contribution is 0.588. The molecule has 0 aromatic heterocycles. The summed E-state index contributed by atoms with van der Waals surface area (Å²) in [5.74, 6) is 0. The first-order chi connectivity index (χ1) is 36.1. The van der Waals surface area contributed by atoms with Gasteiger partial charge in [0.15, 0.2) is 0 Å². The van der Waals surface area contributed by atoms with Crippen LogP contribution in [0, 0.1) is 0 Å². The second-order valence-corrected chi connectivity index (χ2v) is 24.2. The van der Waals surface area contributed by atoms with Crippen LogP contribution < -0.4 is 4.90 Å². The fourth-order valence-electron chi connectivity index (χ4n) is 13.7. The first-order valence-corrected chi connectivity index (χ1v) is 27.0. The molecule has 0 heterocycles. The van der Waals surface area contributed by atoms with Crippen LogP contribution in [0.3, 0.4) is 0 Å². The maximum Gasteiger partial charge on any atom is 0.0714 e. The molecule has 0 spiro atoms. The summed E-state index contributed by atoms with van der Waals surface area (Å²) in [5.41, 5.74) is 26.9. The molecule has 75 heavy (non-hydrogen) atoms. The minimum atomic E-state index is -0.610. The Morgan fingerprint density at radius 2 is 0.720 bits per heavy atom. The van der Waals surface area contributed by atoms with Gasteiger partial charge in [-0.2, -0.15) is 0 Å². The van der Waals surface area contributed by atoms with Crippen LogP contribution in [-0.4, -0.2) is 0 Å². The number of para-hydroxylation sites is 1. The second kappa shape index (κ2) is 16.8. The van der Waals surface area contributed by atoms with Crippen molar-refractivity contribution in [2.75, 3.05) is 4.90 Å². The van der Waals surface area contributed by atoms with Gasteiger partial charge in [-0.25, -0.2) is 0 Å². The topological polar surface area (TPSA) is 3.24 Å². The number of nitrogens with zero attached hydrogens (tertiary/aromatic N) is 1. The first-order valence-electron chi connectivity index (χ1n) is 27.0. The molecule has 3 aliphatic carbocycles. The van der Waals surface area contributed by atoms with Gasteiger partial charge < -0.3 is 4.90 Å². The zero-order valence-electron chi connectivity index (χ0n) is 44.9. The van der Waals surface area contributed by atoms with Gasteiger partial charge in [0.05, 0.1) is 11.1 Å². The fraction of sp³-hybridized carbons (Fsp3) is 0.189. The molecule has 0 saturated carbocycles. The van der Waals surface area contributed by atoms with Crippen molar-refractivity contribution in [2.45, 2.75) is 89.4 Å². The van der Waals surface area contributed by atoms with Crippen molar-refractivity contribution in [3.63, 3.8) is 0 Å². The Morgan fingerprint density at radius 1 is 0.307 bits per heavy atom. The van der Waals surface area contributed by atoms with Crippen molar-refractivity contribution in [3.05, 3.63) is 292 Å². The predicted molar refractivity (Wildman–Crippen MR) is 316 cm³/mol. The number of hydrogen-bond donors (Lipinski definition) is 0. The third-order valence-corrected chi connectivity index (χ3v) is 17.6. The molecule has 10 aromatic carbocycles. The van der Waals surface area contributed by atoms with Crippen molar-refractivity contribution in [3.8, 4) is 44.5 Å². The highest BCUT2D eigenvalue weighted by molar-refractivity contribution is 5.97. The van der Waals surface area contributed by atoms with Crippen molar-refractivity contribution < 1.29 is 0 Å². The number of benzene rings is 10. The second-order valence-electron chi connectivity index (χ2n) is 24.2. The van der Waals surface area contributed by atoms with E-state index in [4.69, 9.17) is 0 Å². The predicted octanol–water partition coefficient (Wildman–Crippen LogP) is 19.4. The van der Waals surface area contributed by atoms with Crippen LogP contribution >= 0.6 is 0 Å². The monoisotopic (exact) mass is 968 g/mol. The van der Waals surface area contributed by atoms with Gasteiger partial charge in [0.2, 0.25) is 0 Å². The average molecular weight is 968 g/mol. The van der Waals surface area contributed by atoms with E-state index in [0.29, 0.717) is 0 Å². The van der Waals surface area contributed by atoms with E-state index in [2.05, 4.69) is 298 Å². The fourth-order valence-corrected chi connectivity index (χ4v) is 13.7. The van der Waals surface area contributed by atoms with Crippen LogP contribution in [0.15, 0.2) is 231 Å². The highest BCUT2D eigenvalue weighted by Gasteiger charge is 2.47. The summed E-state index contributed by atoms with van der Waals surface area (Å²) in [6.07, 6.45) is 0. The van der Waals surface area contributed by atoms with Gasteiger partial charge in [-0.1, -0.05) is 256 Å². The van der Waals surface area contributed by atoms with Gasteiger partial charge in [0.1, 0.15) is 0 Å². The molecule has 366 valence electrons. The molecule has 10 aromatic rings. The Bertz CT molecular complexity index is 3820. The summed E-state index contributed by atoms with van der Waals surface area (Å²) < 4.78 is 0. The van der Waals surface area contributed by atoms with Crippen LogP contribution in [0.4, 0.5) is 17.1 Å². The van der Waals surface area contributed by atoms with Crippen LogP contribution in [0.1, 0.15) is 124 Å². The van der Waals surface area contributed by atoms with E-state index < -0.39 is 5.41 Å². The lowest BCUT2D eigenvalue weighted by Gasteiger charge is -2.36. The van der Waals surface area contributed by atoms with E-state index in [9.17, 15) is 0 Å². The van der Waals surface area contributed by atoms with E-state index in [1.54, 1.807) is 0 Å². The summed E-state index contributed by atoms with van der Waals surface area (Å²) >= 11 is 0. The molecular formula is C74H65N. The molecule has 1 atom stereocenters. The van der Waals surface area contributed by atoms with Gasteiger partial charge >= 0.3 is 0 Å². The minimum absolute atomic E-state index is 0.0112. The summed E-state index contributed by atoms with van der Waals surface area (Å²) in [7, 11) is 0. The van der Waals surface area contributed by atoms with Gasteiger partial charge in [-0.05, 0) is 148 Å². The molecule has 13 rings (SSSR count). The summed E-state index contributed by atoms with van der Waals surface area (Å²) in [5, 5.41) is 0. The molecule has 0 bridgehead atoms. The van der Waals surface area contributed by atoms with Crippen molar-refractivity contribution >= 4 is 17.1 Å². The molecule has 1 heteroatoms. The van der Waals surface area contributed by atoms with Gasteiger partial charge in [-0.3, -0.25) is 0 Å². The molecule has 3 aliphatic rings. The first kappa shape index (κ1) is 46.8. The molecular weight excluding hydrogens is 903 g/mol. The number of fused-ring (bicyclic) bond motifs is 9. The Hall–Kier alpha value is -8.00. The number of anilines is 3. The molecule has 0 fully saturated rings. The average Bonchev–Trinajstić information content (AvgIpc) is 4.04. The number of hydrogen-bond acceptors (Lipinski definition) is 1. The van der Waals surface area contributed by atoms with E-state index in [1.165, 1.54) is 106 Å². The minimum Gasteiger partial charge on any atom is -0.310 e. The SMILES string of the molecule is CC(C)(C)c1ccc(C2(c3ccc(C(C)(C)C)cc3)c3ccccc3-c3ccc(N(c4ccc5c(c4)C(C)(c4ccccc4)c4ccccc4-5)c4ccccc4-c4cccc5c4C(C)(C)c4ccccc4-5)cc32)cc1. The molecule has 0 saturated heterocycles. The lowest BCUT2D eigenvalue weighted by atomic mass is 9.67. The van der Waals surface area contributed by atoms with Crippen LogP contribution in [-0.2, 0) is 27.1 Å². The van der Waals surface area contributed by atoms with Gasteiger partial charge in [-0.15, -0.1) is 0 Å². The van der Waals surface area contributed by atoms with E-state index in [-0.39, 0.29) is 21.7 Å². The van der Waals surface area contributed by atoms with E-state index in [1.807, 2.05) is 0 Å². The Kier molecular flexibility index (Phi) is 10.4. The van der Waals surface area contributed by atoms with Gasteiger partial charge in [0, 0.05) is 27.8 Å². The standard InChI is InChI=1S/C74H65N/c1-70(2,3)48-34-38-51(39-35-48)74(52-40-36-49(37-41-52)71(4,5)6)65-32-19-15-25-56(65)59-45-43-54(47-67(59)74)75(53-42-44-58-55-24-14-18-31-64(55)73(9,66(58)46-53)50-22-11-10-12-23-50)68-33-20-16-27-60(68)62-29-21-28-61-57-26-13-17-30-63(57)72(7,8)69(61)62/h10-47H,1-9H3. The Morgan fingerprint density at radius 3 is 1.29 bits per heavy atom. The summed E-state index contributed by atoms with van der Waals surface area (Å²) in [6.45, 7) is 21.1. The maximum atomic E-state index is 2.58. The van der Waals surface area contributed by atoms with Crippen LogP contribution in [0.25, 0.3) is 44.5 Å². The zero-order chi connectivity index (χ0) is 51.6. The molecule has 0 radical (unpaired) electrons. The number of rotatable bonds is 7. The summed E-state index contributed by atoms with van der Waals surface area (Å²) in [4.78, 5) is 2.58. The maximum absolute atomic E-state index is 2.58. The zero-order valence-corrected chi connectivity index (χ0v) is 44.9. The van der Waals surface area contributed by atoms with Crippen LogP contribution in [0.2, 0.25) is 0 Å². The van der Waals surface area contributed by atoms with Gasteiger partial charge in [0.25, 0.3) is 0 Å². The highest BCUT2D eigenvalue weighted by atomic mass is 15.1. The molecule has 0 aliphatic heterocycles. The smallest absolute Gasteiger partial charge is 0.0714 e. The third-order valence-electron chi connectivity index (χ3n) is 17.6. The third kappa shape index (κ3) is 6.90. The van der Waals surface area contributed by atoms with Crippen LogP contribution in [0.5, 0.6) is 0 Å². The normalized spacial score (nSPS) is 16.3. The van der Waals surface area contributed by atoms with Crippen molar-refractivity contribution in [2.24, 2.45) is 0 Å². The lowest BCUT2D eigenvalue weighted by Crippen LogP contribution is -2.29. The Balaban J connectivity index is 1.10. The highest BCUT2D eigenvalue weighted by Crippen LogP contribution is 2.60. The van der Waals surface area contributed by atoms with Crippen molar-refractivity contribution in [1.82, 2.24) is 0 Å². The molecule has 1 nitrogen and oxygen atoms in total. The summed E-state index contributed by atoms with van der Waals surface area (Å²) in [6, 6.07) is 88.3. The quantitative estimate of drug-likeness (QED) is 0.154. The largest absolute Gasteiger partial charge is 0.310 e. The Labute approximate surface area is 445 Å². The van der Waals surface area contributed by atoms with Crippen molar-refractivity contribution in [1.29, 1.82) is 0 Å².